The molecule has 2 N–H and O–H groups in total. The third-order valence-electron chi connectivity index (χ3n) is 2.73. The van der Waals surface area contributed by atoms with E-state index in [2.05, 4.69) is 0 Å². The Labute approximate surface area is 101 Å². The average molecular weight is 234 g/mol. The van der Waals surface area contributed by atoms with Crippen LogP contribution in [0.15, 0.2) is 18.2 Å². The molecule has 0 unspecified atom stereocenters. The monoisotopic (exact) mass is 234 g/mol. The van der Waals surface area contributed by atoms with Crippen LogP contribution in [0.25, 0.3) is 0 Å². The van der Waals surface area contributed by atoms with Crippen molar-refractivity contribution in [3.8, 4) is 5.75 Å². The molecule has 1 saturated carbocycles. The van der Waals surface area contributed by atoms with Gasteiger partial charge in [-0.25, -0.2) is 0 Å². The molecule has 0 bridgehead atoms. The number of carbonyl (C=O) groups excluding carboxylic acids is 1. The lowest BCUT2D eigenvalue weighted by atomic mass is 10.1. The number of hydrogen-bond acceptors (Lipinski definition) is 3. The predicted molar refractivity (Wildman–Crippen MR) is 66.0 cm³/mol. The molecule has 1 aliphatic rings. The molecule has 1 aliphatic carbocycles. The second kappa shape index (κ2) is 4.75. The molecular formula is C13H18N2O2. The van der Waals surface area contributed by atoms with Crippen LogP contribution < -0.4 is 10.5 Å². The molecule has 4 heteroatoms. The minimum Gasteiger partial charge on any atom is -0.490 e. The van der Waals surface area contributed by atoms with Crippen molar-refractivity contribution in [2.75, 3.05) is 14.1 Å². The predicted octanol–water partition coefficient (Wildman–Crippen LogP) is 1.39. The number of nitrogens with zero attached hydrogens (tertiary/aromatic N) is 1. The fraction of sp³-hybridized carbons (Fsp3) is 0.462. The van der Waals surface area contributed by atoms with Crippen molar-refractivity contribution < 1.29 is 9.53 Å². The van der Waals surface area contributed by atoms with Gasteiger partial charge in [-0.1, -0.05) is 6.07 Å². The van der Waals surface area contributed by atoms with Crippen LogP contribution >= 0.6 is 0 Å². The summed E-state index contributed by atoms with van der Waals surface area (Å²) in [6.45, 7) is 0.428. The van der Waals surface area contributed by atoms with Crippen LogP contribution in [0.3, 0.4) is 0 Å². The van der Waals surface area contributed by atoms with Gasteiger partial charge in [-0.2, -0.15) is 0 Å². The van der Waals surface area contributed by atoms with E-state index in [0.717, 1.165) is 18.4 Å². The van der Waals surface area contributed by atoms with Gasteiger partial charge < -0.3 is 15.4 Å². The zero-order valence-electron chi connectivity index (χ0n) is 10.3. The fourth-order valence-electron chi connectivity index (χ4n) is 1.58. The van der Waals surface area contributed by atoms with Crippen LogP contribution in [-0.2, 0) is 6.54 Å². The largest absolute Gasteiger partial charge is 0.490 e. The summed E-state index contributed by atoms with van der Waals surface area (Å²) in [6, 6.07) is 5.57. The van der Waals surface area contributed by atoms with Crippen LogP contribution in [0.5, 0.6) is 5.75 Å². The Kier molecular flexibility index (Phi) is 3.33. The number of ether oxygens (including phenoxy) is 1. The Morgan fingerprint density at radius 3 is 2.71 bits per heavy atom. The highest BCUT2D eigenvalue weighted by Crippen LogP contribution is 2.30. The van der Waals surface area contributed by atoms with Crippen LogP contribution in [0.1, 0.15) is 28.8 Å². The first-order chi connectivity index (χ1) is 8.11. The standard InChI is InChI=1S/C13H18N2O2/c1-15(2)13(16)11-7-9(8-14)3-6-12(11)17-10-4-5-10/h3,6-7,10H,4-5,8,14H2,1-2H3. The molecule has 92 valence electrons. The number of rotatable bonds is 4. The Balaban J connectivity index is 2.31. The first-order valence-corrected chi connectivity index (χ1v) is 5.83. The number of benzene rings is 1. The second-order valence-electron chi connectivity index (χ2n) is 4.55. The van der Waals surface area contributed by atoms with Crippen LogP contribution in [0.2, 0.25) is 0 Å². The lowest BCUT2D eigenvalue weighted by Crippen LogP contribution is -2.23. The fourth-order valence-corrected chi connectivity index (χ4v) is 1.58. The van der Waals surface area contributed by atoms with Gasteiger partial charge in [0.2, 0.25) is 0 Å². The van der Waals surface area contributed by atoms with Crippen LogP contribution in [0.4, 0.5) is 0 Å². The van der Waals surface area contributed by atoms with Crippen molar-refractivity contribution >= 4 is 5.91 Å². The Bertz CT molecular complexity index is 425. The second-order valence-corrected chi connectivity index (χ2v) is 4.55. The van der Waals surface area contributed by atoms with Crippen molar-refractivity contribution in [3.05, 3.63) is 29.3 Å². The number of amides is 1. The minimum atomic E-state index is -0.0454. The number of nitrogens with two attached hydrogens (primary N) is 1. The van der Waals surface area contributed by atoms with E-state index in [0.29, 0.717) is 17.9 Å². The highest BCUT2D eigenvalue weighted by atomic mass is 16.5. The summed E-state index contributed by atoms with van der Waals surface area (Å²) in [5.74, 6) is 0.624. The van der Waals surface area contributed by atoms with Crippen molar-refractivity contribution in [2.24, 2.45) is 5.73 Å². The molecule has 0 aliphatic heterocycles. The van der Waals surface area contributed by atoms with Crippen LogP contribution in [0, 0.1) is 0 Å². The molecule has 0 spiro atoms. The molecule has 0 heterocycles. The molecular weight excluding hydrogens is 216 g/mol. The molecule has 0 radical (unpaired) electrons. The van der Waals surface area contributed by atoms with Gasteiger partial charge >= 0.3 is 0 Å². The van der Waals surface area contributed by atoms with E-state index >= 15 is 0 Å². The lowest BCUT2D eigenvalue weighted by molar-refractivity contribution is 0.0822. The van der Waals surface area contributed by atoms with Gasteiger partial charge in [0.05, 0.1) is 11.7 Å². The molecule has 17 heavy (non-hydrogen) atoms. The first-order valence-electron chi connectivity index (χ1n) is 5.83. The SMILES string of the molecule is CN(C)C(=O)c1cc(CN)ccc1OC1CC1. The van der Waals surface area contributed by atoms with E-state index in [1.165, 1.54) is 0 Å². The molecule has 0 saturated heterocycles. The maximum absolute atomic E-state index is 12.0. The lowest BCUT2D eigenvalue weighted by Gasteiger charge is -2.15. The summed E-state index contributed by atoms with van der Waals surface area (Å²) in [5.41, 5.74) is 7.14. The normalized spacial score (nSPS) is 14.5. The molecule has 1 fully saturated rings. The number of hydrogen-bond donors (Lipinski definition) is 1. The molecule has 0 atom stereocenters. The van der Waals surface area contributed by atoms with E-state index in [-0.39, 0.29) is 12.0 Å². The summed E-state index contributed by atoms with van der Waals surface area (Å²) < 4.78 is 5.74. The van der Waals surface area contributed by atoms with E-state index < -0.39 is 0 Å². The summed E-state index contributed by atoms with van der Waals surface area (Å²) in [5, 5.41) is 0. The Morgan fingerprint density at radius 1 is 1.47 bits per heavy atom. The summed E-state index contributed by atoms with van der Waals surface area (Å²) in [4.78, 5) is 13.6. The maximum Gasteiger partial charge on any atom is 0.257 e. The van der Waals surface area contributed by atoms with Gasteiger partial charge in [0.25, 0.3) is 5.91 Å². The quantitative estimate of drug-likeness (QED) is 0.856. The smallest absolute Gasteiger partial charge is 0.257 e. The van der Waals surface area contributed by atoms with E-state index in [4.69, 9.17) is 10.5 Å². The summed E-state index contributed by atoms with van der Waals surface area (Å²) in [6.07, 6.45) is 2.44. The maximum atomic E-state index is 12.0. The number of carbonyl (C=O) groups is 1. The molecule has 1 amide bonds. The van der Waals surface area contributed by atoms with Gasteiger partial charge in [0, 0.05) is 20.6 Å². The topological polar surface area (TPSA) is 55.6 Å². The Hall–Kier alpha value is -1.55. The van der Waals surface area contributed by atoms with Crippen molar-refractivity contribution in [1.82, 2.24) is 4.90 Å². The van der Waals surface area contributed by atoms with Gasteiger partial charge in [0.15, 0.2) is 0 Å². The molecule has 1 aromatic carbocycles. The van der Waals surface area contributed by atoms with Crippen molar-refractivity contribution in [1.29, 1.82) is 0 Å². The van der Waals surface area contributed by atoms with Crippen molar-refractivity contribution in [2.45, 2.75) is 25.5 Å². The van der Waals surface area contributed by atoms with Gasteiger partial charge in [0.1, 0.15) is 5.75 Å². The molecule has 2 rings (SSSR count). The molecule has 0 aromatic heterocycles. The first kappa shape index (κ1) is 11.9. The zero-order chi connectivity index (χ0) is 12.4. The van der Waals surface area contributed by atoms with E-state index in [1.54, 1.807) is 19.0 Å². The van der Waals surface area contributed by atoms with Gasteiger partial charge in [-0.3, -0.25) is 4.79 Å². The molecule has 4 nitrogen and oxygen atoms in total. The molecule has 1 aromatic rings. The highest BCUT2D eigenvalue weighted by Gasteiger charge is 2.26. The van der Waals surface area contributed by atoms with Gasteiger partial charge in [-0.05, 0) is 30.5 Å². The highest BCUT2D eigenvalue weighted by molar-refractivity contribution is 5.96. The summed E-state index contributed by atoms with van der Waals surface area (Å²) in [7, 11) is 3.47. The van der Waals surface area contributed by atoms with Crippen LogP contribution in [-0.4, -0.2) is 31.0 Å². The summed E-state index contributed by atoms with van der Waals surface area (Å²) >= 11 is 0. The zero-order valence-corrected chi connectivity index (χ0v) is 10.3. The Morgan fingerprint density at radius 2 is 2.18 bits per heavy atom. The van der Waals surface area contributed by atoms with Crippen molar-refractivity contribution in [3.63, 3.8) is 0 Å². The third kappa shape index (κ3) is 2.77. The van der Waals surface area contributed by atoms with E-state index in [9.17, 15) is 4.79 Å². The average Bonchev–Trinajstić information content (AvgIpc) is 3.12. The van der Waals surface area contributed by atoms with E-state index in [1.807, 2.05) is 18.2 Å². The van der Waals surface area contributed by atoms with Gasteiger partial charge in [-0.15, -0.1) is 0 Å². The minimum absolute atomic E-state index is 0.0454. The third-order valence-corrected chi connectivity index (χ3v) is 2.73.